The van der Waals surface area contributed by atoms with E-state index in [2.05, 4.69) is 160 Å². The SMILES string of the molecule is C\C=C/C=C\C=C(/C)Sc1c(C)cccc1-c1ccc(N/C=C(O)/C(O)=C(\C(O)=C/c2ccc(-c3ccccc3C(c3ccccc3)c3ccccc3)c(C)c2)c2cc3ccccc3c3ccccc23)cc1. The molecule has 0 heterocycles. The molecule has 0 bridgehead atoms. The summed E-state index contributed by atoms with van der Waals surface area (Å²) in [6, 6.07) is 68.2. The first kappa shape index (κ1) is 48.5. The van der Waals surface area contributed by atoms with Crippen LogP contribution in [0.4, 0.5) is 5.69 Å². The van der Waals surface area contributed by atoms with Gasteiger partial charge in [-0.25, -0.2) is 0 Å². The van der Waals surface area contributed by atoms with E-state index in [0.717, 1.165) is 54.9 Å². The Kier molecular flexibility index (Phi) is 15.2. The number of aliphatic hydroxyl groups is 3. The molecule has 9 aromatic carbocycles. The summed E-state index contributed by atoms with van der Waals surface area (Å²) in [7, 11) is 0. The van der Waals surface area contributed by atoms with Crippen molar-refractivity contribution < 1.29 is 15.3 Å². The van der Waals surface area contributed by atoms with Gasteiger partial charge in [-0.1, -0.05) is 224 Å². The second-order valence-corrected chi connectivity index (χ2v) is 19.1. The topological polar surface area (TPSA) is 72.7 Å². The summed E-state index contributed by atoms with van der Waals surface area (Å²) >= 11 is 1.75. The van der Waals surface area contributed by atoms with E-state index in [-0.39, 0.29) is 17.3 Å². The van der Waals surface area contributed by atoms with Crippen molar-refractivity contribution in [3.05, 3.63) is 298 Å². The Morgan fingerprint density at radius 2 is 1.18 bits per heavy atom. The van der Waals surface area contributed by atoms with Crippen molar-refractivity contribution in [2.45, 2.75) is 38.5 Å². The fraction of sp³-hybridized carbons (Fsp3) is 0.0746. The van der Waals surface area contributed by atoms with Crippen LogP contribution < -0.4 is 5.32 Å². The largest absolute Gasteiger partial charge is 0.507 e. The molecule has 9 rings (SSSR count). The number of rotatable bonds is 15. The maximum atomic E-state index is 12.4. The summed E-state index contributed by atoms with van der Waals surface area (Å²) in [6.07, 6.45) is 13.2. The first-order chi connectivity index (χ1) is 35.2. The number of fused-ring (bicyclic) bond motifs is 3. The van der Waals surface area contributed by atoms with Crippen LogP contribution >= 0.6 is 11.8 Å². The highest BCUT2D eigenvalue weighted by Gasteiger charge is 2.23. The Morgan fingerprint density at radius 3 is 1.89 bits per heavy atom. The van der Waals surface area contributed by atoms with Crippen LogP contribution in [0, 0.1) is 13.8 Å². The number of anilines is 1. The number of benzene rings is 9. The molecule has 0 aliphatic carbocycles. The molecule has 4 nitrogen and oxygen atoms in total. The van der Waals surface area contributed by atoms with E-state index in [9.17, 15) is 15.3 Å². The van der Waals surface area contributed by atoms with Crippen molar-refractivity contribution in [2.75, 3.05) is 5.32 Å². The average Bonchev–Trinajstić information content (AvgIpc) is 3.41. The zero-order chi connectivity index (χ0) is 50.0. The molecule has 4 N–H and O–H groups in total. The number of aryl methyl sites for hydroxylation is 2. The molecule has 72 heavy (non-hydrogen) atoms. The fourth-order valence-electron chi connectivity index (χ4n) is 9.46. The minimum Gasteiger partial charge on any atom is -0.507 e. The summed E-state index contributed by atoms with van der Waals surface area (Å²) in [6.45, 7) is 8.34. The second-order valence-electron chi connectivity index (χ2n) is 17.9. The minimum atomic E-state index is -0.478. The van der Waals surface area contributed by atoms with Crippen LogP contribution in [-0.2, 0) is 0 Å². The first-order valence-corrected chi connectivity index (χ1v) is 25.0. The van der Waals surface area contributed by atoms with Crippen LogP contribution in [0.25, 0.3) is 55.4 Å². The molecule has 0 aliphatic heterocycles. The Balaban J connectivity index is 1.07. The average molecular weight is 956 g/mol. The third kappa shape index (κ3) is 10.8. The number of hydrogen-bond donors (Lipinski definition) is 4. The van der Waals surface area contributed by atoms with Crippen molar-refractivity contribution in [3.8, 4) is 22.3 Å². The van der Waals surface area contributed by atoms with Crippen molar-refractivity contribution >= 4 is 50.6 Å². The van der Waals surface area contributed by atoms with Crippen LogP contribution in [0.2, 0.25) is 0 Å². The van der Waals surface area contributed by atoms with Crippen LogP contribution in [0.5, 0.6) is 0 Å². The molecule has 0 saturated carbocycles. The fourth-order valence-corrected chi connectivity index (χ4v) is 10.5. The van der Waals surface area contributed by atoms with Crippen LogP contribution in [0.15, 0.2) is 264 Å². The van der Waals surface area contributed by atoms with Gasteiger partial charge in [0.05, 0.1) is 5.57 Å². The second kappa shape index (κ2) is 22.5. The van der Waals surface area contributed by atoms with E-state index < -0.39 is 11.5 Å². The summed E-state index contributed by atoms with van der Waals surface area (Å²) in [5.74, 6) is -1.11. The third-order valence-corrected chi connectivity index (χ3v) is 14.2. The van der Waals surface area contributed by atoms with E-state index in [4.69, 9.17) is 0 Å². The van der Waals surface area contributed by atoms with E-state index >= 15 is 0 Å². The monoisotopic (exact) mass is 955 g/mol. The van der Waals surface area contributed by atoms with Crippen molar-refractivity contribution in [1.29, 1.82) is 0 Å². The first-order valence-electron chi connectivity index (χ1n) is 24.2. The maximum Gasteiger partial charge on any atom is 0.174 e. The van der Waals surface area contributed by atoms with Gasteiger partial charge in [0.2, 0.25) is 0 Å². The number of allylic oxidation sites excluding steroid dienone is 7. The summed E-state index contributed by atoms with van der Waals surface area (Å²) < 4.78 is 0. The highest BCUT2D eigenvalue weighted by Crippen LogP contribution is 2.42. The molecular formula is C67H57NO3S. The molecule has 0 fully saturated rings. The number of aliphatic hydroxyl groups excluding tert-OH is 3. The predicted molar refractivity (Wildman–Crippen MR) is 307 cm³/mol. The summed E-state index contributed by atoms with van der Waals surface area (Å²) in [5, 5.41) is 43.3. The van der Waals surface area contributed by atoms with Crippen LogP contribution in [-0.4, -0.2) is 15.3 Å². The maximum absolute atomic E-state index is 12.4. The van der Waals surface area contributed by atoms with Gasteiger partial charge in [0, 0.05) is 22.7 Å². The Hall–Kier alpha value is -8.51. The van der Waals surface area contributed by atoms with Crippen molar-refractivity contribution in [2.24, 2.45) is 0 Å². The van der Waals surface area contributed by atoms with Crippen LogP contribution in [0.3, 0.4) is 0 Å². The third-order valence-electron chi connectivity index (χ3n) is 12.9. The zero-order valence-electron chi connectivity index (χ0n) is 40.9. The number of hydrogen-bond acceptors (Lipinski definition) is 5. The van der Waals surface area contributed by atoms with Gasteiger partial charge in [0.25, 0.3) is 0 Å². The molecule has 0 spiro atoms. The predicted octanol–water partition coefficient (Wildman–Crippen LogP) is 18.6. The molecule has 0 radical (unpaired) electrons. The van der Waals surface area contributed by atoms with E-state index in [1.54, 1.807) is 17.8 Å². The van der Waals surface area contributed by atoms with Crippen molar-refractivity contribution in [1.82, 2.24) is 0 Å². The van der Waals surface area contributed by atoms with Gasteiger partial charge < -0.3 is 20.6 Å². The highest BCUT2D eigenvalue weighted by molar-refractivity contribution is 8.03. The molecule has 9 aromatic rings. The molecule has 0 unspecified atom stereocenters. The lowest BCUT2D eigenvalue weighted by atomic mass is 9.81. The zero-order valence-corrected chi connectivity index (χ0v) is 41.7. The lowest BCUT2D eigenvalue weighted by Crippen LogP contribution is -2.05. The molecule has 0 saturated heterocycles. The Bertz CT molecular complexity index is 3540. The van der Waals surface area contributed by atoms with E-state index in [1.807, 2.05) is 104 Å². The number of thioether (sulfide) groups is 1. The molecular weight excluding hydrogens is 899 g/mol. The molecule has 0 amide bonds. The lowest BCUT2D eigenvalue weighted by molar-refractivity contribution is 0.325. The normalized spacial score (nSPS) is 12.9. The molecule has 5 heteroatoms. The Labute approximate surface area is 427 Å². The minimum absolute atomic E-state index is 0.0121. The lowest BCUT2D eigenvalue weighted by Gasteiger charge is -2.23. The van der Waals surface area contributed by atoms with Gasteiger partial charge in [-0.2, -0.15) is 0 Å². The van der Waals surface area contributed by atoms with Gasteiger partial charge >= 0.3 is 0 Å². The standard InChI is InChI=1S/C67H57NO3S/c1-5-6-7-10-23-47(4)72-67-45(2)22-21-34-56(67)49-36-38-53(39-37-49)68-44-63(70)66(71)65(61-43-52-28-15-16-29-55(52)58-31-17-18-32-59(58)61)62(69)42-48-35-40-54(46(3)41-48)57-30-19-20-33-60(57)64(50-24-11-8-12-25-50)51-26-13-9-14-27-51/h5-44,64,68-71H,1-4H3/b6-5-,10-7-,47-23+,62-42+,63-44-,66-65+. The molecule has 0 atom stereocenters. The molecule has 0 aromatic heterocycles. The van der Waals surface area contributed by atoms with E-state index in [0.29, 0.717) is 11.3 Å². The van der Waals surface area contributed by atoms with Gasteiger partial charge in [-0.05, 0) is 140 Å². The highest BCUT2D eigenvalue weighted by atomic mass is 32.2. The van der Waals surface area contributed by atoms with Gasteiger partial charge in [-0.15, -0.1) is 0 Å². The van der Waals surface area contributed by atoms with Crippen molar-refractivity contribution in [3.63, 3.8) is 0 Å². The van der Waals surface area contributed by atoms with E-state index in [1.165, 1.54) is 38.3 Å². The van der Waals surface area contributed by atoms with Gasteiger partial charge in [0.15, 0.2) is 11.5 Å². The van der Waals surface area contributed by atoms with Gasteiger partial charge in [0.1, 0.15) is 5.76 Å². The molecule has 0 aliphatic rings. The molecule has 354 valence electrons. The number of nitrogens with one attached hydrogen (secondary N) is 1. The smallest absolute Gasteiger partial charge is 0.174 e. The Morgan fingerprint density at radius 1 is 0.542 bits per heavy atom. The summed E-state index contributed by atoms with van der Waals surface area (Å²) in [4.78, 5) is 2.37. The van der Waals surface area contributed by atoms with Gasteiger partial charge in [-0.3, -0.25) is 0 Å². The van der Waals surface area contributed by atoms with Crippen LogP contribution in [0.1, 0.15) is 58.7 Å². The quantitative estimate of drug-likeness (QED) is 0.0271. The summed E-state index contributed by atoms with van der Waals surface area (Å²) in [5.41, 5.74) is 12.3.